The highest BCUT2D eigenvalue weighted by Crippen LogP contribution is 2.24. The third-order valence-corrected chi connectivity index (χ3v) is 3.50. The van der Waals surface area contributed by atoms with Crippen molar-refractivity contribution in [2.24, 2.45) is 0 Å². The smallest absolute Gasteiger partial charge is 0.0412 e. The third kappa shape index (κ3) is 2.72. The van der Waals surface area contributed by atoms with E-state index in [0.29, 0.717) is 6.04 Å². The lowest BCUT2D eigenvalue weighted by atomic mass is 10.1. The summed E-state index contributed by atoms with van der Waals surface area (Å²) < 4.78 is 0. The molecule has 2 rings (SSSR count). The third-order valence-electron chi connectivity index (χ3n) is 3.50. The zero-order chi connectivity index (χ0) is 12.3. The Morgan fingerprint density at radius 1 is 1.41 bits per heavy atom. The Labute approximate surface area is 104 Å². The van der Waals surface area contributed by atoms with Crippen LogP contribution in [0.2, 0.25) is 0 Å². The average Bonchev–Trinajstić information content (AvgIpc) is 2.39. The van der Waals surface area contributed by atoms with Gasteiger partial charge in [0.15, 0.2) is 0 Å². The number of piperazine rings is 1. The van der Waals surface area contributed by atoms with E-state index in [2.05, 4.69) is 60.4 Å². The fraction of sp³-hybridized carbons (Fsp3) is 0.571. The van der Waals surface area contributed by atoms with Crippen LogP contribution in [0, 0.1) is 0 Å². The molecule has 1 fully saturated rings. The molecule has 1 saturated heterocycles. The van der Waals surface area contributed by atoms with Crippen LogP contribution < -0.4 is 15.1 Å². The first-order valence-corrected chi connectivity index (χ1v) is 6.47. The summed E-state index contributed by atoms with van der Waals surface area (Å²) in [5.74, 6) is 0. The summed E-state index contributed by atoms with van der Waals surface area (Å²) in [5, 5.41) is 3.47. The molecule has 1 aliphatic heterocycles. The maximum absolute atomic E-state index is 3.47. The number of hydrogen-bond acceptors (Lipinski definition) is 3. The van der Waals surface area contributed by atoms with Gasteiger partial charge >= 0.3 is 0 Å². The predicted octanol–water partition coefficient (Wildman–Crippen LogP) is 1.94. The van der Waals surface area contributed by atoms with Crippen LogP contribution in [0.25, 0.3) is 0 Å². The SMILES string of the molecule is CCC1CNCCN1c1cccc(N(C)C)c1. The Kier molecular flexibility index (Phi) is 3.89. The molecule has 0 amide bonds. The van der Waals surface area contributed by atoms with Crippen LogP contribution in [0.3, 0.4) is 0 Å². The first-order chi connectivity index (χ1) is 8.22. The first kappa shape index (κ1) is 12.2. The highest BCUT2D eigenvalue weighted by atomic mass is 15.2. The summed E-state index contributed by atoms with van der Waals surface area (Å²) in [6, 6.07) is 9.45. The summed E-state index contributed by atoms with van der Waals surface area (Å²) >= 11 is 0. The van der Waals surface area contributed by atoms with Crippen LogP contribution in [0.15, 0.2) is 24.3 Å². The molecule has 0 saturated carbocycles. The maximum Gasteiger partial charge on any atom is 0.0412 e. The number of benzene rings is 1. The second kappa shape index (κ2) is 5.41. The van der Waals surface area contributed by atoms with E-state index in [1.54, 1.807) is 0 Å². The number of hydrogen-bond donors (Lipinski definition) is 1. The molecule has 17 heavy (non-hydrogen) atoms. The summed E-state index contributed by atoms with van der Waals surface area (Å²) in [4.78, 5) is 4.69. The van der Waals surface area contributed by atoms with Gasteiger partial charge in [-0.1, -0.05) is 13.0 Å². The molecular formula is C14H23N3. The van der Waals surface area contributed by atoms with E-state index in [4.69, 9.17) is 0 Å². The molecule has 0 radical (unpaired) electrons. The Hall–Kier alpha value is -1.22. The number of anilines is 2. The Bertz CT molecular complexity index is 362. The molecule has 1 aliphatic rings. The quantitative estimate of drug-likeness (QED) is 0.861. The van der Waals surface area contributed by atoms with E-state index < -0.39 is 0 Å². The molecule has 1 atom stereocenters. The van der Waals surface area contributed by atoms with Crippen molar-refractivity contribution in [3.63, 3.8) is 0 Å². The second-order valence-corrected chi connectivity index (χ2v) is 4.87. The Morgan fingerprint density at radius 2 is 2.24 bits per heavy atom. The molecule has 1 aromatic rings. The number of nitrogens with one attached hydrogen (secondary N) is 1. The maximum atomic E-state index is 3.47. The minimum absolute atomic E-state index is 0.626. The van der Waals surface area contributed by atoms with Crippen molar-refractivity contribution in [2.75, 3.05) is 43.5 Å². The monoisotopic (exact) mass is 233 g/mol. The summed E-state index contributed by atoms with van der Waals surface area (Å²) in [6.45, 7) is 5.56. The van der Waals surface area contributed by atoms with Gasteiger partial charge in [-0.2, -0.15) is 0 Å². The highest BCUT2D eigenvalue weighted by molar-refractivity contribution is 5.59. The summed E-state index contributed by atoms with van der Waals surface area (Å²) in [6.07, 6.45) is 1.19. The van der Waals surface area contributed by atoms with Gasteiger partial charge in [-0.15, -0.1) is 0 Å². The summed E-state index contributed by atoms with van der Waals surface area (Å²) in [7, 11) is 4.18. The Morgan fingerprint density at radius 3 is 2.94 bits per heavy atom. The van der Waals surface area contributed by atoms with Gasteiger partial charge in [0.25, 0.3) is 0 Å². The molecule has 3 heteroatoms. The van der Waals surface area contributed by atoms with E-state index >= 15 is 0 Å². The molecule has 1 N–H and O–H groups in total. The van der Waals surface area contributed by atoms with Crippen LogP contribution in [0.1, 0.15) is 13.3 Å². The molecule has 3 nitrogen and oxygen atoms in total. The lowest BCUT2D eigenvalue weighted by molar-refractivity contribution is 0.466. The predicted molar refractivity (Wildman–Crippen MR) is 75.1 cm³/mol. The van der Waals surface area contributed by atoms with E-state index in [0.717, 1.165) is 19.6 Å². The fourth-order valence-electron chi connectivity index (χ4n) is 2.42. The van der Waals surface area contributed by atoms with E-state index in [1.165, 1.54) is 17.8 Å². The molecule has 0 aliphatic carbocycles. The molecule has 0 aromatic heterocycles. The average molecular weight is 233 g/mol. The van der Waals surface area contributed by atoms with Gasteiger partial charge in [-0.05, 0) is 24.6 Å². The van der Waals surface area contributed by atoms with E-state index in [1.807, 2.05) is 0 Å². The van der Waals surface area contributed by atoms with Crippen LogP contribution in [-0.4, -0.2) is 39.8 Å². The minimum Gasteiger partial charge on any atom is -0.378 e. The normalized spacial score (nSPS) is 20.4. The van der Waals surface area contributed by atoms with Crippen molar-refractivity contribution in [1.29, 1.82) is 0 Å². The fourth-order valence-corrected chi connectivity index (χ4v) is 2.42. The van der Waals surface area contributed by atoms with Crippen molar-refractivity contribution in [3.05, 3.63) is 24.3 Å². The first-order valence-electron chi connectivity index (χ1n) is 6.47. The molecule has 0 bridgehead atoms. The van der Waals surface area contributed by atoms with Crippen LogP contribution in [0.4, 0.5) is 11.4 Å². The van der Waals surface area contributed by atoms with Gasteiger partial charge in [0.05, 0.1) is 0 Å². The standard InChI is InChI=1S/C14H23N3/c1-4-12-11-15-8-9-17(12)14-7-5-6-13(10-14)16(2)3/h5-7,10,12,15H,4,8-9,11H2,1-3H3. The van der Waals surface area contributed by atoms with Crippen LogP contribution >= 0.6 is 0 Å². The van der Waals surface area contributed by atoms with Gasteiger partial charge in [-0.25, -0.2) is 0 Å². The zero-order valence-corrected chi connectivity index (χ0v) is 11.1. The van der Waals surface area contributed by atoms with Crippen molar-refractivity contribution in [2.45, 2.75) is 19.4 Å². The van der Waals surface area contributed by atoms with Crippen molar-refractivity contribution in [3.8, 4) is 0 Å². The Balaban J connectivity index is 2.22. The molecule has 94 valence electrons. The molecule has 1 unspecified atom stereocenters. The number of nitrogens with zero attached hydrogens (tertiary/aromatic N) is 2. The van der Waals surface area contributed by atoms with Gasteiger partial charge in [0, 0.05) is 51.1 Å². The zero-order valence-electron chi connectivity index (χ0n) is 11.1. The summed E-state index contributed by atoms with van der Waals surface area (Å²) in [5.41, 5.74) is 2.63. The number of rotatable bonds is 3. The van der Waals surface area contributed by atoms with E-state index in [-0.39, 0.29) is 0 Å². The highest BCUT2D eigenvalue weighted by Gasteiger charge is 2.20. The van der Waals surface area contributed by atoms with Crippen LogP contribution in [0.5, 0.6) is 0 Å². The van der Waals surface area contributed by atoms with E-state index in [9.17, 15) is 0 Å². The lowest BCUT2D eigenvalue weighted by Gasteiger charge is -2.38. The van der Waals surface area contributed by atoms with Gasteiger partial charge in [0.1, 0.15) is 0 Å². The largest absolute Gasteiger partial charge is 0.378 e. The topological polar surface area (TPSA) is 18.5 Å². The van der Waals surface area contributed by atoms with Crippen molar-refractivity contribution < 1.29 is 0 Å². The van der Waals surface area contributed by atoms with Gasteiger partial charge in [-0.3, -0.25) is 0 Å². The van der Waals surface area contributed by atoms with Gasteiger partial charge in [0.2, 0.25) is 0 Å². The molecular weight excluding hydrogens is 210 g/mol. The minimum atomic E-state index is 0.626. The van der Waals surface area contributed by atoms with Crippen LogP contribution in [-0.2, 0) is 0 Å². The van der Waals surface area contributed by atoms with Gasteiger partial charge < -0.3 is 15.1 Å². The van der Waals surface area contributed by atoms with Crippen molar-refractivity contribution in [1.82, 2.24) is 5.32 Å². The lowest BCUT2D eigenvalue weighted by Crippen LogP contribution is -2.51. The van der Waals surface area contributed by atoms with Crippen molar-refractivity contribution >= 4 is 11.4 Å². The molecule has 0 spiro atoms. The molecule has 1 aromatic carbocycles. The second-order valence-electron chi connectivity index (χ2n) is 4.87. The molecule has 1 heterocycles.